The Morgan fingerprint density at radius 1 is 0.867 bits per heavy atom. The summed E-state index contributed by atoms with van der Waals surface area (Å²) in [6.45, 7) is 7.36. The molecule has 3 aromatic rings. The lowest BCUT2D eigenvalue weighted by Gasteiger charge is -2.51. The topological polar surface area (TPSA) is 95.0 Å². The molecule has 4 amide bonds. The fourth-order valence-electron chi connectivity index (χ4n) is 8.66. The second-order valence-corrected chi connectivity index (χ2v) is 14.2. The Labute approximate surface area is 267 Å². The number of rotatable bonds is 3. The van der Waals surface area contributed by atoms with Gasteiger partial charge in [-0.1, -0.05) is 77.8 Å². The molecule has 1 saturated carbocycles. The molecule has 2 aliphatic heterocycles. The van der Waals surface area contributed by atoms with Gasteiger partial charge in [-0.2, -0.15) is 0 Å². The molecule has 230 valence electrons. The van der Waals surface area contributed by atoms with E-state index in [4.69, 9.17) is 11.6 Å². The third-order valence-electron chi connectivity index (χ3n) is 10.4. The van der Waals surface area contributed by atoms with Gasteiger partial charge in [0, 0.05) is 22.0 Å². The number of benzene rings is 3. The van der Waals surface area contributed by atoms with Crippen molar-refractivity contribution in [3.05, 3.63) is 106 Å². The molecular formula is C37H35ClN2O5. The molecule has 4 aliphatic rings. The van der Waals surface area contributed by atoms with Gasteiger partial charge < -0.3 is 5.11 Å². The second-order valence-electron chi connectivity index (χ2n) is 13.8. The number of phenolic OH excluding ortho intramolecular Hbond substituents is 1. The van der Waals surface area contributed by atoms with Crippen LogP contribution in [0.4, 0.5) is 5.69 Å². The normalized spacial score (nSPS) is 29.4. The molecule has 1 N–H and O–H groups in total. The molecular weight excluding hydrogens is 588 g/mol. The lowest BCUT2D eigenvalue weighted by atomic mass is 9.49. The number of hydrogen-bond donors (Lipinski definition) is 1. The van der Waals surface area contributed by atoms with Crippen molar-refractivity contribution in [2.24, 2.45) is 23.7 Å². The van der Waals surface area contributed by atoms with E-state index < -0.39 is 46.5 Å². The molecule has 2 heterocycles. The van der Waals surface area contributed by atoms with E-state index in [2.05, 4.69) is 0 Å². The van der Waals surface area contributed by atoms with Crippen LogP contribution in [0.15, 0.2) is 84.4 Å². The third kappa shape index (κ3) is 4.02. The van der Waals surface area contributed by atoms with E-state index in [-0.39, 0.29) is 29.9 Å². The molecule has 7 rings (SSSR count). The van der Waals surface area contributed by atoms with Gasteiger partial charge >= 0.3 is 0 Å². The summed E-state index contributed by atoms with van der Waals surface area (Å²) in [5, 5.41) is 12.0. The third-order valence-corrected chi connectivity index (χ3v) is 10.7. The number of carbonyl (C=O) groups is 4. The van der Waals surface area contributed by atoms with Crippen molar-refractivity contribution >= 4 is 40.9 Å². The highest BCUT2D eigenvalue weighted by atomic mass is 35.5. The van der Waals surface area contributed by atoms with Gasteiger partial charge in [-0.3, -0.25) is 24.1 Å². The maximum atomic E-state index is 15.2. The highest BCUT2D eigenvalue weighted by molar-refractivity contribution is 6.32. The minimum atomic E-state index is -1.42. The first-order chi connectivity index (χ1) is 21.4. The van der Waals surface area contributed by atoms with Crippen molar-refractivity contribution in [1.29, 1.82) is 0 Å². The van der Waals surface area contributed by atoms with E-state index in [0.717, 1.165) is 5.57 Å². The van der Waals surface area contributed by atoms with Crippen LogP contribution in [0.1, 0.15) is 56.2 Å². The number of imide groups is 2. The van der Waals surface area contributed by atoms with Gasteiger partial charge in [-0.05, 0) is 75.8 Å². The smallest absolute Gasteiger partial charge is 0.246 e. The molecule has 6 unspecified atom stereocenters. The molecule has 0 bridgehead atoms. The molecule has 8 heteroatoms. The van der Waals surface area contributed by atoms with Crippen molar-refractivity contribution in [3.8, 4) is 5.75 Å². The summed E-state index contributed by atoms with van der Waals surface area (Å²) in [5.74, 6) is -4.49. The van der Waals surface area contributed by atoms with Crippen molar-refractivity contribution in [1.82, 2.24) is 4.90 Å². The number of phenols is 1. The Bertz CT molecular complexity index is 1810. The van der Waals surface area contributed by atoms with Gasteiger partial charge in [0.25, 0.3) is 0 Å². The summed E-state index contributed by atoms with van der Waals surface area (Å²) in [6.07, 6.45) is 2.56. The molecule has 7 nitrogen and oxygen atoms in total. The van der Waals surface area contributed by atoms with E-state index in [1.165, 1.54) is 9.80 Å². The number of fused-ring (bicyclic) bond motifs is 4. The summed E-state index contributed by atoms with van der Waals surface area (Å²) in [4.78, 5) is 60.4. The van der Waals surface area contributed by atoms with Crippen molar-refractivity contribution < 1.29 is 24.3 Å². The summed E-state index contributed by atoms with van der Waals surface area (Å²) in [6, 6.07) is 21.5. The zero-order valence-electron chi connectivity index (χ0n) is 25.7. The Hall–Kier alpha value is -4.23. The highest BCUT2D eigenvalue weighted by Gasteiger charge is 2.70. The van der Waals surface area contributed by atoms with Gasteiger partial charge in [0.2, 0.25) is 23.6 Å². The number of carbonyl (C=O) groups excluding carboxylic acids is 4. The molecule has 3 aromatic carbocycles. The molecule has 0 spiro atoms. The molecule has 45 heavy (non-hydrogen) atoms. The number of likely N-dealkylation sites (tertiary alicyclic amines) is 1. The number of halogens is 1. The predicted molar refractivity (Wildman–Crippen MR) is 171 cm³/mol. The number of aryl methyl sites for hydroxylation is 1. The van der Waals surface area contributed by atoms with Gasteiger partial charge in [-0.15, -0.1) is 0 Å². The Morgan fingerprint density at radius 2 is 1.58 bits per heavy atom. The van der Waals surface area contributed by atoms with E-state index in [0.29, 0.717) is 33.8 Å². The number of hydrogen-bond acceptors (Lipinski definition) is 5. The molecule has 0 radical (unpaired) electrons. The van der Waals surface area contributed by atoms with Crippen LogP contribution < -0.4 is 4.90 Å². The van der Waals surface area contributed by atoms with Crippen LogP contribution in [0, 0.1) is 30.6 Å². The molecule has 2 aliphatic carbocycles. The number of para-hydroxylation sites is 1. The van der Waals surface area contributed by atoms with Crippen molar-refractivity contribution in [2.75, 3.05) is 4.90 Å². The van der Waals surface area contributed by atoms with Crippen LogP contribution in [0.5, 0.6) is 5.75 Å². The van der Waals surface area contributed by atoms with Crippen molar-refractivity contribution in [3.63, 3.8) is 0 Å². The monoisotopic (exact) mass is 622 g/mol. The summed E-state index contributed by atoms with van der Waals surface area (Å²) >= 11 is 6.36. The summed E-state index contributed by atoms with van der Waals surface area (Å²) in [5.41, 5.74) is 0.894. The lowest BCUT2D eigenvalue weighted by Crippen LogP contribution is -2.53. The summed E-state index contributed by atoms with van der Waals surface area (Å²) in [7, 11) is 0. The zero-order valence-corrected chi connectivity index (χ0v) is 26.4. The second kappa shape index (κ2) is 10.1. The van der Waals surface area contributed by atoms with Gasteiger partial charge in [-0.25, -0.2) is 4.90 Å². The summed E-state index contributed by atoms with van der Waals surface area (Å²) < 4.78 is 0. The van der Waals surface area contributed by atoms with Gasteiger partial charge in [0.05, 0.1) is 28.9 Å². The largest absolute Gasteiger partial charge is 0.507 e. The predicted octanol–water partition coefficient (Wildman–Crippen LogP) is 6.31. The van der Waals surface area contributed by atoms with E-state index in [9.17, 15) is 19.5 Å². The first-order valence-electron chi connectivity index (χ1n) is 15.4. The van der Waals surface area contributed by atoms with E-state index in [1.807, 2.05) is 69.3 Å². The fourth-order valence-corrected chi connectivity index (χ4v) is 8.85. The number of aromatic hydroxyl groups is 1. The first kappa shape index (κ1) is 29.5. The van der Waals surface area contributed by atoms with E-state index in [1.54, 1.807) is 37.3 Å². The minimum Gasteiger partial charge on any atom is -0.507 e. The highest BCUT2D eigenvalue weighted by Crippen LogP contribution is 2.65. The quantitative estimate of drug-likeness (QED) is 0.273. The van der Waals surface area contributed by atoms with Crippen LogP contribution in [0.3, 0.4) is 0 Å². The average Bonchev–Trinajstić information content (AvgIpc) is 3.40. The van der Waals surface area contributed by atoms with Gasteiger partial charge in [0.1, 0.15) is 5.75 Å². The van der Waals surface area contributed by atoms with Crippen molar-refractivity contribution in [2.45, 2.75) is 57.4 Å². The van der Waals surface area contributed by atoms with Crippen LogP contribution in [-0.2, 0) is 24.6 Å². The Balaban J connectivity index is 1.51. The lowest BCUT2D eigenvalue weighted by molar-refractivity contribution is -0.145. The molecule has 0 aromatic heterocycles. The molecule has 2 saturated heterocycles. The molecule has 6 atom stereocenters. The van der Waals surface area contributed by atoms with Gasteiger partial charge in [0.15, 0.2) is 0 Å². The standard InChI is InChI=1S/C37H35ClN2O5/c1-20-10-8-15-26(31(20)41)30-24-16-17-25-29(34(44)40(32(25)42)36(2,3)4)27(24)19-28-33(43)39(23-14-9-13-22(38)18-23)35(45)37(28,30)21-11-6-5-7-12-21/h5-16,18,25,27-30,41H,17,19H2,1-4H3. The zero-order chi connectivity index (χ0) is 32.0. The first-order valence-corrected chi connectivity index (χ1v) is 15.8. The number of allylic oxidation sites excluding steroid dienone is 2. The maximum absolute atomic E-state index is 15.2. The van der Waals surface area contributed by atoms with Crippen LogP contribution in [0.2, 0.25) is 5.02 Å². The Morgan fingerprint density at radius 3 is 2.27 bits per heavy atom. The minimum absolute atomic E-state index is 0.0480. The maximum Gasteiger partial charge on any atom is 0.246 e. The SMILES string of the molecule is Cc1cccc(C2C3=CCC4C(=O)N(C(C)(C)C)C(=O)C4C3CC3C(=O)N(c4cccc(Cl)c4)C(=O)C32c2ccccc2)c1O. The average molecular weight is 623 g/mol. The van der Waals surface area contributed by atoms with E-state index >= 15 is 4.79 Å². The number of anilines is 1. The number of amides is 4. The van der Waals surface area contributed by atoms with Crippen LogP contribution in [0.25, 0.3) is 0 Å². The number of nitrogens with zero attached hydrogens (tertiary/aromatic N) is 2. The fraction of sp³-hybridized carbons (Fsp3) is 0.351. The van der Waals surface area contributed by atoms with Crippen LogP contribution >= 0.6 is 11.6 Å². The Kier molecular flexibility index (Phi) is 6.64. The van der Waals surface area contributed by atoms with Crippen LogP contribution in [-0.4, -0.2) is 39.2 Å². The molecule has 3 fully saturated rings.